The summed E-state index contributed by atoms with van der Waals surface area (Å²) in [6.45, 7) is 7.72. The largest absolute Gasteiger partial charge is 0.492 e. The highest BCUT2D eigenvalue weighted by Gasteiger charge is 2.30. The fraction of sp³-hybridized carbons (Fsp3) is 0.296. The van der Waals surface area contributed by atoms with Crippen LogP contribution in [0.4, 0.5) is 5.69 Å². The molecule has 35 heavy (non-hydrogen) atoms. The van der Waals surface area contributed by atoms with Crippen LogP contribution in [0.3, 0.4) is 0 Å². The molecule has 0 fully saturated rings. The van der Waals surface area contributed by atoms with E-state index in [-0.39, 0.29) is 17.5 Å². The molecule has 3 rings (SSSR count). The van der Waals surface area contributed by atoms with Crippen molar-refractivity contribution in [2.75, 3.05) is 23.7 Å². The molecule has 0 aliphatic heterocycles. The van der Waals surface area contributed by atoms with Crippen molar-refractivity contribution in [2.45, 2.75) is 43.5 Å². The molecular formula is C27H32N2O4S2. The van der Waals surface area contributed by atoms with Crippen molar-refractivity contribution in [2.24, 2.45) is 0 Å². The van der Waals surface area contributed by atoms with Gasteiger partial charge in [-0.25, -0.2) is 8.42 Å². The molecule has 0 aliphatic carbocycles. The minimum Gasteiger partial charge on any atom is -0.492 e. The lowest BCUT2D eigenvalue weighted by atomic mass is 10.0. The Hall–Kier alpha value is -2.97. The number of ether oxygens (including phenoxy) is 1. The average molecular weight is 513 g/mol. The molecule has 0 radical (unpaired) electrons. The summed E-state index contributed by atoms with van der Waals surface area (Å²) in [7, 11) is -4.05. The zero-order valence-corrected chi connectivity index (χ0v) is 22.4. The van der Waals surface area contributed by atoms with E-state index in [9.17, 15) is 13.2 Å². The Labute approximate surface area is 212 Å². The van der Waals surface area contributed by atoms with Crippen LogP contribution in [0.5, 0.6) is 5.75 Å². The fourth-order valence-corrected chi connectivity index (χ4v) is 5.76. The van der Waals surface area contributed by atoms with Crippen LogP contribution in [0.1, 0.15) is 36.6 Å². The highest BCUT2D eigenvalue weighted by molar-refractivity contribution is 7.98. The van der Waals surface area contributed by atoms with Gasteiger partial charge in [-0.1, -0.05) is 35.9 Å². The van der Waals surface area contributed by atoms with E-state index < -0.39 is 15.9 Å². The quantitative estimate of drug-likeness (QED) is 0.363. The molecule has 0 spiro atoms. The van der Waals surface area contributed by atoms with Crippen LogP contribution in [0.2, 0.25) is 0 Å². The van der Waals surface area contributed by atoms with Gasteiger partial charge in [-0.15, -0.1) is 11.8 Å². The van der Waals surface area contributed by atoms with E-state index in [2.05, 4.69) is 11.4 Å². The molecule has 186 valence electrons. The lowest BCUT2D eigenvalue weighted by molar-refractivity contribution is -0.120. The Morgan fingerprint density at radius 3 is 2.37 bits per heavy atom. The molecule has 1 amide bonds. The van der Waals surface area contributed by atoms with Crippen LogP contribution < -0.4 is 14.4 Å². The lowest BCUT2D eigenvalue weighted by Gasteiger charge is -2.27. The van der Waals surface area contributed by atoms with Gasteiger partial charge in [0.25, 0.3) is 10.0 Å². The first kappa shape index (κ1) is 26.6. The summed E-state index contributed by atoms with van der Waals surface area (Å²) < 4.78 is 34.3. The van der Waals surface area contributed by atoms with Crippen LogP contribution in [-0.2, 0) is 14.8 Å². The number of rotatable bonds is 10. The Bertz CT molecular complexity index is 1270. The molecule has 0 aromatic heterocycles. The van der Waals surface area contributed by atoms with Gasteiger partial charge in [0, 0.05) is 4.90 Å². The topological polar surface area (TPSA) is 75.7 Å². The number of nitrogens with zero attached hydrogens (tertiary/aromatic N) is 1. The summed E-state index contributed by atoms with van der Waals surface area (Å²) in [6.07, 6.45) is 1.93. The van der Waals surface area contributed by atoms with E-state index >= 15 is 0 Å². The molecule has 1 N–H and O–H groups in total. The number of thioether (sulfide) groups is 1. The van der Waals surface area contributed by atoms with Gasteiger partial charge in [-0.2, -0.15) is 0 Å². The monoisotopic (exact) mass is 512 g/mol. The Balaban J connectivity index is 1.96. The number of para-hydroxylation sites is 2. The smallest absolute Gasteiger partial charge is 0.264 e. The van der Waals surface area contributed by atoms with Crippen LogP contribution >= 0.6 is 11.8 Å². The summed E-state index contributed by atoms with van der Waals surface area (Å²) in [5.74, 6) is -0.0115. The van der Waals surface area contributed by atoms with E-state index in [0.29, 0.717) is 18.0 Å². The van der Waals surface area contributed by atoms with E-state index in [0.717, 1.165) is 25.9 Å². The standard InChI is InChI=1S/C27H32N2O4S2/c1-6-33-26-10-8-7-9-25(26)29(35(31,32)23-14-12-22(34-5)13-15-23)18-27(30)28-21(4)24-16-11-19(2)17-20(24)3/h7-17,21H,6,18H2,1-5H3,(H,28,30)/t21-/m1/s1. The predicted molar refractivity (Wildman–Crippen MR) is 143 cm³/mol. The summed E-state index contributed by atoms with van der Waals surface area (Å²) in [4.78, 5) is 14.2. The van der Waals surface area contributed by atoms with Gasteiger partial charge in [0.05, 0.1) is 23.2 Å². The van der Waals surface area contributed by atoms with Gasteiger partial charge < -0.3 is 10.1 Å². The van der Waals surface area contributed by atoms with Gasteiger partial charge >= 0.3 is 0 Å². The first-order valence-electron chi connectivity index (χ1n) is 11.4. The molecule has 0 heterocycles. The van der Waals surface area contributed by atoms with Crippen molar-refractivity contribution < 1.29 is 17.9 Å². The number of aryl methyl sites for hydroxylation is 2. The van der Waals surface area contributed by atoms with Gasteiger partial charge in [0.2, 0.25) is 5.91 Å². The third kappa shape index (κ3) is 6.38. The highest BCUT2D eigenvalue weighted by Crippen LogP contribution is 2.33. The second-order valence-electron chi connectivity index (χ2n) is 8.24. The molecule has 0 unspecified atom stereocenters. The van der Waals surface area contributed by atoms with Gasteiger partial charge in [0.1, 0.15) is 12.3 Å². The second-order valence-corrected chi connectivity index (χ2v) is 11.0. The number of sulfonamides is 1. The number of nitrogens with one attached hydrogen (secondary N) is 1. The number of carbonyl (C=O) groups is 1. The van der Waals surface area contributed by atoms with Crippen molar-refractivity contribution in [1.29, 1.82) is 0 Å². The number of hydrogen-bond donors (Lipinski definition) is 1. The highest BCUT2D eigenvalue weighted by atomic mass is 32.2. The predicted octanol–water partition coefficient (Wildman–Crippen LogP) is 5.50. The lowest BCUT2D eigenvalue weighted by Crippen LogP contribution is -2.41. The molecule has 3 aromatic carbocycles. The molecular weight excluding hydrogens is 480 g/mol. The van der Waals surface area contributed by atoms with Gasteiger partial charge in [0.15, 0.2) is 0 Å². The van der Waals surface area contributed by atoms with Gasteiger partial charge in [-0.3, -0.25) is 9.10 Å². The molecule has 1 atom stereocenters. The minimum atomic E-state index is -4.05. The summed E-state index contributed by atoms with van der Waals surface area (Å²) in [5, 5.41) is 2.96. The van der Waals surface area contributed by atoms with Crippen molar-refractivity contribution in [3.8, 4) is 5.75 Å². The second kappa shape index (κ2) is 11.6. The van der Waals surface area contributed by atoms with Crippen molar-refractivity contribution >= 4 is 33.4 Å². The summed E-state index contributed by atoms with van der Waals surface area (Å²) >= 11 is 1.53. The van der Waals surface area contributed by atoms with Gasteiger partial charge in [-0.05, 0) is 81.5 Å². The number of anilines is 1. The van der Waals surface area contributed by atoms with E-state index in [1.54, 1.807) is 48.5 Å². The van der Waals surface area contributed by atoms with E-state index in [4.69, 9.17) is 4.74 Å². The van der Waals surface area contributed by atoms with E-state index in [1.165, 1.54) is 11.8 Å². The number of benzene rings is 3. The maximum atomic E-state index is 13.8. The van der Waals surface area contributed by atoms with Crippen LogP contribution in [-0.4, -0.2) is 33.7 Å². The zero-order valence-electron chi connectivity index (χ0n) is 20.7. The molecule has 0 aliphatic rings. The van der Waals surface area contributed by atoms with Crippen LogP contribution in [0, 0.1) is 13.8 Å². The van der Waals surface area contributed by atoms with Crippen molar-refractivity contribution in [3.63, 3.8) is 0 Å². The first-order chi connectivity index (χ1) is 16.7. The molecule has 6 nitrogen and oxygen atoms in total. The first-order valence-corrected chi connectivity index (χ1v) is 14.1. The Kier molecular flexibility index (Phi) is 8.86. The Morgan fingerprint density at radius 2 is 1.74 bits per heavy atom. The molecule has 0 saturated heterocycles. The molecule has 8 heteroatoms. The summed E-state index contributed by atoms with van der Waals surface area (Å²) in [6, 6.07) is 19.3. The maximum absolute atomic E-state index is 13.8. The minimum absolute atomic E-state index is 0.108. The SMILES string of the molecule is CCOc1ccccc1N(CC(=O)N[C@H](C)c1ccc(C)cc1C)S(=O)(=O)c1ccc(SC)cc1. The number of amides is 1. The van der Waals surface area contributed by atoms with Crippen LogP contribution in [0.15, 0.2) is 76.5 Å². The average Bonchev–Trinajstić information content (AvgIpc) is 2.83. The molecule has 3 aromatic rings. The number of carbonyl (C=O) groups excluding carboxylic acids is 1. The third-order valence-electron chi connectivity index (χ3n) is 5.64. The summed E-state index contributed by atoms with van der Waals surface area (Å²) in [5.41, 5.74) is 3.51. The zero-order chi connectivity index (χ0) is 25.6. The number of hydrogen-bond acceptors (Lipinski definition) is 5. The maximum Gasteiger partial charge on any atom is 0.264 e. The Morgan fingerprint density at radius 1 is 1.06 bits per heavy atom. The van der Waals surface area contributed by atoms with Crippen molar-refractivity contribution in [3.05, 3.63) is 83.4 Å². The molecule has 0 bridgehead atoms. The normalized spacial score (nSPS) is 12.1. The third-order valence-corrected chi connectivity index (χ3v) is 8.16. The fourth-order valence-electron chi connectivity index (χ4n) is 3.92. The van der Waals surface area contributed by atoms with Crippen molar-refractivity contribution in [1.82, 2.24) is 5.32 Å². The molecule has 0 saturated carbocycles. The van der Waals surface area contributed by atoms with E-state index in [1.807, 2.05) is 46.1 Å². The van der Waals surface area contributed by atoms with Crippen LogP contribution in [0.25, 0.3) is 0 Å².